The molecule has 2 N–H and O–H groups in total. The lowest BCUT2D eigenvalue weighted by atomic mass is 10.1. The number of hydrogen-bond donors (Lipinski definition) is 2. The van der Waals surface area contributed by atoms with Gasteiger partial charge in [0.05, 0.1) is 5.56 Å². The number of halogens is 3. The van der Waals surface area contributed by atoms with Crippen LogP contribution in [0.4, 0.5) is 13.2 Å². The van der Waals surface area contributed by atoms with Crippen molar-refractivity contribution in [1.29, 1.82) is 0 Å². The molecule has 0 bridgehead atoms. The Morgan fingerprint density at radius 1 is 1.37 bits per heavy atom. The molecule has 0 aliphatic rings. The predicted octanol–water partition coefficient (Wildman–Crippen LogP) is 2.83. The van der Waals surface area contributed by atoms with E-state index in [-0.39, 0.29) is 24.2 Å². The minimum atomic E-state index is -4.38. The zero-order chi connectivity index (χ0) is 14.5. The zero-order valence-corrected chi connectivity index (χ0v) is 10.3. The van der Waals surface area contributed by atoms with Gasteiger partial charge in [0.25, 0.3) is 0 Å². The predicted molar refractivity (Wildman–Crippen MR) is 64.5 cm³/mol. The van der Waals surface area contributed by atoms with Crippen LogP contribution in [0.2, 0.25) is 0 Å². The first-order valence-electron chi connectivity index (χ1n) is 5.58. The largest absolute Gasteiger partial charge is 0.478 e. The second-order valence-corrected chi connectivity index (χ2v) is 3.98. The van der Waals surface area contributed by atoms with E-state index < -0.39 is 17.7 Å². The molecule has 0 aliphatic carbocycles. The molecule has 19 heavy (non-hydrogen) atoms. The molecule has 0 spiro atoms. The van der Waals surface area contributed by atoms with E-state index in [1.807, 2.05) is 0 Å². The van der Waals surface area contributed by atoms with E-state index in [0.717, 1.165) is 6.07 Å². The Kier molecular flexibility index (Phi) is 5.11. The van der Waals surface area contributed by atoms with Crippen LogP contribution in [-0.2, 0) is 17.5 Å². The summed E-state index contributed by atoms with van der Waals surface area (Å²) in [6.07, 6.45) is -2.97. The summed E-state index contributed by atoms with van der Waals surface area (Å²) in [7, 11) is 0. The maximum absolute atomic E-state index is 12.7. The van der Waals surface area contributed by atoms with Crippen LogP contribution in [0, 0.1) is 0 Å². The highest BCUT2D eigenvalue weighted by Gasteiger charge is 2.32. The first-order chi connectivity index (χ1) is 8.82. The van der Waals surface area contributed by atoms with Crippen molar-refractivity contribution in [1.82, 2.24) is 5.32 Å². The number of aliphatic carboxylic acids is 1. The lowest BCUT2D eigenvalue weighted by Gasteiger charge is -2.12. The van der Waals surface area contributed by atoms with Gasteiger partial charge >= 0.3 is 12.1 Å². The van der Waals surface area contributed by atoms with Gasteiger partial charge in [-0.3, -0.25) is 0 Å². The van der Waals surface area contributed by atoms with Crippen LogP contribution in [0.5, 0.6) is 0 Å². The first kappa shape index (κ1) is 15.2. The van der Waals surface area contributed by atoms with E-state index in [2.05, 4.69) is 5.32 Å². The van der Waals surface area contributed by atoms with Gasteiger partial charge in [-0.15, -0.1) is 0 Å². The topological polar surface area (TPSA) is 49.3 Å². The van der Waals surface area contributed by atoms with Crippen molar-refractivity contribution in [2.45, 2.75) is 19.6 Å². The van der Waals surface area contributed by atoms with E-state index in [4.69, 9.17) is 5.11 Å². The first-order valence-corrected chi connectivity index (χ1v) is 5.58. The van der Waals surface area contributed by atoms with E-state index in [1.54, 1.807) is 0 Å². The average molecular weight is 273 g/mol. The highest BCUT2D eigenvalue weighted by Crippen LogP contribution is 2.31. The summed E-state index contributed by atoms with van der Waals surface area (Å²) in [4.78, 5) is 10.5. The van der Waals surface area contributed by atoms with Gasteiger partial charge in [0, 0.05) is 18.7 Å². The molecule has 0 saturated heterocycles. The molecule has 0 amide bonds. The Morgan fingerprint density at radius 3 is 2.58 bits per heavy atom. The van der Waals surface area contributed by atoms with Crippen molar-refractivity contribution in [2.24, 2.45) is 0 Å². The Morgan fingerprint density at radius 2 is 2.00 bits per heavy atom. The van der Waals surface area contributed by atoms with Gasteiger partial charge in [-0.05, 0) is 18.6 Å². The third-order valence-corrected chi connectivity index (χ3v) is 2.53. The van der Waals surface area contributed by atoms with Crippen molar-refractivity contribution in [3.63, 3.8) is 0 Å². The van der Waals surface area contributed by atoms with Crippen LogP contribution in [0.1, 0.15) is 18.1 Å². The molecule has 0 radical (unpaired) electrons. The number of carboxylic acids is 1. The minimum absolute atomic E-state index is 0.0269. The van der Waals surface area contributed by atoms with Crippen LogP contribution >= 0.6 is 0 Å². The standard InChI is InChI=1S/C13H14F3NO2/c1-9(12(18)19)6-7-17-8-10-4-2-3-5-11(10)13(14,15)16/h2-6,17H,7-8H2,1H3,(H,18,19)/b9-6-. The summed E-state index contributed by atoms with van der Waals surface area (Å²) in [6.45, 7) is 1.65. The molecule has 0 unspecified atom stereocenters. The van der Waals surface area contributed by atoms with E-state index in [1.165, 1.54) is 31.2 Å². The molecule has 0 atom stereocenters. The molecule has 0 aromatic heterocycles. The molecule has 0 heterocycles. The van der Waals surface area contributed by atoms with Crippen molar-refractivity contribution < 1.29 is 23.1 Å². The highest BCUT2D eigenvalue weighted by molar-refractivity contribution is 5.85. The second-order valence-electron chi connectivity index (χ2n) is 3.98. The molecule has 0 aliphatic heterocycles. The maximum Gasteiger partial charge on any atom is 0.416 e. The highest BCUT2D eigenvalue weighted by atomic mass is 19.4. The third-order valence-electron chi connectivity index (χ3n) is 2.53. The van der Waals surface area contributed by atoms with Gasteiger partial charge in [-0.2, -0.15) is 13.2 Å². The summed E-state index contributed by atoms with van der Waals surface area (Å²) < 4.78 is 38.0. The SMILES string of the molecule is C/C(=C/CNCc1ccccc1C(F)(F)F)C(=O)O. The number of hydrogen-bond acceptors (Lipinski definition) is 2. The fraction of sp³-hybridized carbons (Fsp3) is 0.308. The molecular weight excluding hydrogens is 259 g/mol. The van der Waals surface area contributed by atoms with E-state index in [0.29, 0.717) is 0 Å². The van der Waals surface area contributed by atoms with Gasteiger partial charge in [0.15, 0.2) is 0 Å². The average Bonchev–Trinajstić information content (AvgIpc) is 2.33. The van der Waals surface area contributed by atoms with Crippen molar-refractivity contribution >= 4 is 5.97 Å². The van der Waals surface area contributed by atoms with Crippen LogP contribution < -0.4 is 5.32 Å². The number of alkyl halides is 3. The fourth-order valence-electron chi connectivity index (χ4n) is 1.47. The fourth-order valence-corrected chi connectivity index (χ4v) is 1.47. The summed E-state index contributed by atoms with van der Waals surface area (Å²) in [6, 6.07) is 5.28. The molecule has 1 aromatic carbocycles. The second kappa shape index (κ2) is 6.38. The smallest absolute Gasteiger partial charge is 0.416 e. The van der Waals surface area contributed by atoms with Gasteiger partial charge in [0.2, 0.25) is 0 Å². The molecule has 6 heteroatoms. The third kappa shape index (κ3) is 4.75. The summed E-state index contributed by atoms with van der Waals surface area (Å²) in [5.41, 5.74) is -0.394. The molecule has 104 valence electrons. The Bertz CT molecular complexity index is 481. The van der Waals surface area contributed by atoms with E-state index >= 15 is 0 Å². The Labute approximate surface area is 108 Å². The number of rotatable bonds is 5. The lowest BCUT2D eigenvalue weighted by Crippen LogP contribution is -2.18. The number of carboxylic acid groups (broad SMARTS) is 1. The monoisotopic (exact) mass is 273 g/mol. The van der Waals surface area contributed by atoms with Crippen molar-refractivity contribution in [3.8, 4) is 0 Å². The number of benzene rings is 1. The number of carbonyl (C=O) groups is 1. The molecule has 0 fully saturated rings. The van der Waals surface area contributed by atoms with Gasteiger partial charge in [0.1, 0.15) is 0 Å². The van der Waals surface area contributed by atoms with Gasteiger partial charge in [-0.1, -0.05) is 24.3 Å². The zero-order valence-electron chi connectivity index (χ0n) is 10.3. The molecule has 1 rings (SSSR count). The summed E-state index contributed by atoms with van der Waals surface area (Å²) in [5.74, 6) is -1.04. The summed E-state index contributed by atoms with van der Waals surface area (Å²) >= 11 is 0. The van der Waals surface area contributed by atoms with Crippen LogP contribution in [0.15, 0.2) is 35.9 Å². The minimum Gasteiger partial charge on any atom is -0.478 e. The lowest BCUT2D eigenvalue weighted by molar-refractivity contribution is -0.138. The molecule has 0 saturated carbocycles. The Balaban J connectivity index is 2.64. The molecular formula is C13H14F3NO2. The normalized spacial score (nSPS) is 12.5. The maximum atomic E-state index is 12.7. The van der Waals surface area contributed by atoms with Crippen LogP contribution in [0.25, 0.3) is 0 Å². The van der Waals surface area contributed by atoms with Crippen molar-refractivity contribution in [2.75, 3.05) is 6.54 Å². The van der Waals surface area contributed by atoms with Crippen LogP contribution in [0.3, 0.4) is 0 Å². The quantitative estimate of drug-likeness (QED) is 0.640. The molecule has 1 aromatic rings. The van der Waals surface area contributed by atoms with Crippen LogP contribution in [-0.4, -0.2) is 17.6 Å². The van der Waals surface area contributed by atoms with Gasteiger partial charge < -0.3 is 10.4 Å². The van der Waals surface area contributed by atoms with E-state index in [9.17, 15) is 18.0 Å². The van der Waals surface area contributed by atoms with Crippen molar-refractivity contribution in [3.05, 3.63) is 47.0 Å². The summed E-state index contributed by atoms with van der Waals surface area (Å²) in [5, 5.41) is 11.4. The number of nitrogens with one attached hydrogen (secondary N) is 1. The Hall–Kier alpha value is -1.82. The van der Waals surface area contributed by atoms with Gasteiger partial charge in [-0.25, -0.2) is 4.79 Å². The molecule has 3 nitrogen and oxygen atoms in total.